The van der Waals surface area contributed by atoms with Gasteiger partial charge < -0.3 is 26.2 Å². The average molecular weight is 745 g/mol. The van der Waals surface area contributed by atoms with E-state index in [-0.39, 0.29) is 42.0 Å². The molecule has 302 valence electrons. The van der Waals surface area contributed by atoms with E-state index in [2.05, 4.69) is 74.4 Å². The zero-order valence-corrected chi connectivity index (χ0v) is 33.3. The normalized spacial score (nSPS) is 23.1. The summed E-state index contributed by atoms with van der Waals surface area (Å²) in [5.41, 5.74) is 1.17. The van der Waals surface area contributed by atoms with Crippen LogP contribution in [0, 0.1) is 40.9 Å². The molecule has 1 saturated heterocycles. The fourth-order valence-corrected chi connectivity index (χ4v) is 7.55. The topological polar surface area (TPSA) is 167 Å². The van der Waals surface area contributed by atoms with Crippen molar-refractivity contribution >= 4 is 35.8 Å². The second-order valence-corrected chi connectivity index (χ2v) is 17.7. The molecule has 12 heteroatoms. The highest BCUT2D eigenvalue weighted by atomic mass is 16.2. The highest BCUT2D eigenvalue weighted by Crippen LogP contribution is 2.64. The quantitative estimate of drug-likeness (QED) is 0.115. The number of rotatable bonds is 14. The molecule has 4 aliphatic rings. The molecule has 53 heavy (non-hydrogen) atoms. The largest absolute Gasteiger partial charge is 0.346 e. The lowest BCUT2D eigenvalue weighted by Gasteiger charge is -2.39. The van der Waals surface area contributed by atoms with Gasteiger partial charge in [-0.2, -0.15) is 0 Å². The Hall–Kier alpha value is -4.09. The van der Waals surface area contributed by atoms with E-state index in [4.69, 9.17) is 0 Å². The van der Waals surface area contributed by atoms with Crippen LogP contribution in [0.1, 0.15) is 111 Å². The maximum atomic E-state index is 13.7. The molecular formula is C41H72N6O6. The van der Waals surface area contributed by atoms with Crippen LogP contribution >= 0.6 is 0 Å². The number of aromatic nitrogens is 1. The molecule has 2 heterocycles. The molecule has 3 aliphatic carbocycles. The summed E-state index contributed by atoms with van der Waals surface area (Å²) in [6.07, 6.45) is 12.5. The van der Waals surface area contributed by atoms with Crippen molar-refractivity contribution < 1.29 is 34.5 Å². The number of nitrogens with zero attached hydrogens (tertiary/aromatic N) is 2. The Kier molecular flexibility index (Phi) is 15.4. The molecule has 4 fully saturated rings. The standard InChI is InChI=1S/C30H45N5O6.C6H7N.C5H12.4H2/c1-5-13-31-27(40)24(38)20(14-18-9-10-18)34-26(39)23-22-19(29(22,2)3)16-35(23)21(37)15-32-28(41)25(33-17-36)30(4)11-7-6-8-12-30;1-6-3-2-4-7-5-6;1-5(2,3)4;;;;/h5,17-20,22-23,25H,1,6-16H2,2-4H3,(H,31,40)(H,32,41)(H,33,36)(H,34,39);2-5H,1H3;1-4H3;4*1H/t19?,20?,22?,23-,25+;;;;;;/m0....../s1. The first-order chi connectivity index (χ1) is 24.8. The molecule has 0 radical (unpaired) electrons. The van der Waals surface area contributed by atoms with Crippen LogP contribution in [0.2, 0.25) is 0 Å². The van der Waals surface area contributed by atoms with E-state index in [1.807, 2.05) is 32.2 Å². The Morgan fingerprint density at radius 1 is 1.06 bits per heavy atom. The number of pyridine rings is 1. The maximum absolute atomic E-state index is 13.7. The first-order valence-corrected chi connectivity index (χ1v) is 19.2. The SMILES string of the molecule is C=CCNC(=O)C(=O)C(CC1CC1)NC(=O)[C@@H]1C2C(CN1C(=O)CNC(=O)[C@@H](NC=O)C1(C)CCCCC1)C2(C)C.CC(C)(C)C.Cc1cccnc1.[HH].[HH].[HH].[HH]. The second kappa shape index (κ2) is 18.8. The van der Waals surface area contributed by atoms with E-state index in [1.165, 1.54) is 16.5 Å². The molecule has 1 aromatic heterocycles. The molecular weight excluding hydrogens is 672 g/mol. The molecule has 0 spiro atoms. The summed E-state index contributed by atoms with van der Waals surface area (Å²) in [6.45, 7) is 20.6. The molecule has 4 N–H and O–H groups in total. The number of likely N-dealkylation sites (tertiary alicyclic amines) is 1. The zero-order valence-electron chi connectivity index (χ0n) is 33.3. The summed E-state index contributed by atoms with van der Waals surface area (Å²) in [7, 11) is 0. The van der Waals surface area contributed by atoms with Gasteiger partial charge in [-0.25, -0.2) is 0 Å². The van der Waals surface area contributed by atoms with Gasteiger partial charge in [0, 0.05) is 31.2 Å². The number of carbonyl (C=O) groups is 6. The van der Waals surface area contributed by atoms with E-state index >= 15 is 0 Å². The average Bonchev–Trinajstić information content (AvgIpc) is 3.95. The van der Waals surface area contributed by atoms with Crippen LogP contribution in [-0.2, 0) is 28.8 Å². The van der Waals surface area contributed by atoms with Crippen LogP contribution in [0.15, 0.2) is 37.2 Å². The van der Waals surface area contributed by atoms with Gasteiger partial charge in [-0.1, -0.05) is 92.7 Å². The molecule has 1 aromatic rings. The summed E-state index contributed by atoms with van der Waals surface area (Å²) >= 11 is 0. The number of piperidine rings is 1. The number of carbonyl (C=O) groups excluding carboxylic acids is 6. The van der Waals surface area contributed by atoms with Gasteiger partial charge in [0.25, 0.3) is 5.91 Å². The minimum atomic E-state index is -0.969. The van der Waals surface area contributed by atoms with Gasteiger partial charge in [0.2, 0.25) is 29.9 Å². The molecule has 5 amide bonds. The smallest absolute Gasteiger partial charge is 0.289 e. The predicted octanol–water partition coefficient (Wildman–Crippen LogP) is 5.25. The van der Waals surface area contributed by atoms with Gasteiger partial charge in [-0.05, 0) is 71.8 Å². The Balaban J connectivity index is 0. The number of hydrogen-bond acceptors (Lipinski definition) is 7. The molecule has 1 aliphatic heterocycles. The minimum absolute atomic E-state index is 0. The summed E-state index contributed by atoms with van der Waals surface area (Å²) < 4.78 is 0. The van der Waals surface area contributed by atoms with Gasteiger partial charge in [-0.3, -0.25) is 33.8 Å². The van der Waals surface area contributed by atoms with Gasteiger partial charge in [0.05, 0.1) is 12.6 Å². The lowest BCUT2D eigenvalue weighted by Crippen LogP contribution is -2.58. The summed E-state index contributed by atoms with van der Waals surface area (Å²) in [4.78, 5) is 82.3. The minimum Gasteiger partial charge on any atom is -0.346 e. The van der Waals surface area contributed by atoms with E-state index in [1.54, 1.807) is 6.20 Å². The third kappa shape index (κ3) is 12.8. The van der Waals surface area contributed by atoms with Crippen molar-refractivity contribution in [3.8, 4) is 0 Å². The predicted molar refractivity (Wildman–Crippen MR) is 213 cm³/mol. The van der Waals surface area contributed by atoms with Crippen molar-refractivity contribution in [1.29, 1.82) is 0 Å². The van der Waals surface area contributed by atoms with Crippen molar-refractivity contribution in [3.63, 3.8) is 0 Å². The monoisotopic (exact) mass is 745 g/mol. The Morgan fingerprint density at radius 2 is 1.70 bits per heavy atom. The van der Waals surface area contributed by atoms with Gasteiger partial charge in [0.1, 0.15) is 12.1 Å². The van der Waals surface area contributed by atoms with Crippen LogP contribution in [0.4, 0.5) is 0 Å². The summed E-state index contributed by atoms with van der Waals surface area (Å²) in [5, 5.41) is 10.7. The van der Waals surface area contributed by atoms with Gasteiger partial charge in [-0.15, -0.1) is 6.58 Å². The van der Waals surface area contributed by atoms with Crippen LogP contribution in [0.3, 0.4) is 0 Å². The zero-order chi connectivity index (χ0) is 39.6. The van der Waals surface area contributed by atoms with Crippen molar-refractivity contribution in [3.05, 3.63) is 42.7 Å². The Morgan fingerprint density at radius 3 is 2.21 bits per heavy atom. The molecule has 12 nitrogen and oxygen atoms in total. The van der Waals surface area contributed by atoms with E-state index in [0.717, 1.165) is 44.9 Å². The number of hydrogen-bond donors (Lipinski definition) is 4. The Bertz CT molecular complexity index is 1460. The van der Waals surface area contributed by atoms with Crippen molar-refractivity contribution in [2.24, 2.45) is 34.0 Å². The third-order valence-corrected chi connectivity index (χ3v) is 10.7. The molecule has 5 rings (SSSR count). The van der Waals surface area contributed by atoms with Gasteiger partial charge in [0.15, 0.2) is 0 Å². The number of aryl methyl sites for hydroxylation is 1. The van der Waals surface area contributed by atoms with Crippen LogP contribution in [0.25, 0.3) is 0 Å². The molecule has 5 atom stereocenters. The Labute approximate surface area is 322 Å². The van der Waals surface area contributed by atoms with Crippen molar-refractivity contribution in [2.75, 3.05) is 19.6 Å². The number of amides is 5. The van der Waals surface area contributed by atoms with E-state index in [0.29, 0.717) is 24.8 Å². The highest BCUT2D eigenvalue weighted by Gasteiger charge is 2.69. The molecule has 0 aromatic carbocycles. The van der Waals surface area contributed by atoms with Gasteiger partial charge >= 0.3 is 0 Å². The second-order valence-electron chi connectivity index (χ2n) is 17.7. The number of fused-ring (bicyclic) bond motifs is 1. The maximum Gasteiger partial charge on any atom is 0.289 e. The molecule has 3 unspecified atom stereocenters. The summed E-state index contributed by atoms with van der Waals surface area (Å²) in [6, 6.07) is 1.43. The fraction of sp³-hybridized carbons (Fsp3) is 0.683. The fourth-order valence-electron chi connectivity index (χ4n) is 7.55. The number of Topliss-reactive ketones (excluding diaryl/α,β-unsaturated/α-hetero) is 1. The number of ketones is 1. The van der Waals surface area contributed by atoms with E-state index < -0.39 is 53.0 Å². The van der Waals surface area contributed by atoms with Crippen LogP contribution < -0.4 is 21.3 Å². The lowest BCUT2D eigenvalue weighted by atomic mass is 9.70. The van der Waals surface area contributed by atoms with Crippen LogP contribution in [0.5, 0.6) is 0 Å². The lowest BCUT2D eigenvalue weighted by molar-refractivity contribution is -0.143. The third-order valence-electron chi connectivity index (χ3n) is 10.7. The summed E-state index contributed by atoms with van der Waals surface area (Å²) in [5.74, 6) is -2.42. The van der Waals surface area contributed by atoms with E-state index in [9.17, 15) is 28.8 Å². The highest BCUT2D eigenvalue weighted by molar-refractivity contribution is 6.38. The van der Waals surface area contributed by atoms with Crippen molar-refractivity contribution in [2.45, 2.75) is 125 Å². The first kappa shape index (κ1) is 43.3. The number of nitrogens with one attached hydrogen (secondary N) is 4. The molecule has 0 bridgehead atoms. The van der Waals surface area contributed by atoms with Crippen molar-refractivity contribution in [1.82, 2.24) is 31.2 Å². The molecule has 3 saturated carbocycles. The first-order valence-electron chi connectivity index (χ1n) is 19.2. The van der Waals surface area contributed by atoms with Crippen LogP contribution in [-0.4, -0.2) is 83.5 Å².